The van der Waals surface area contributed by atoms with Gasteiger partial charge in [-0.05, 0) is 49.7 Å². The molecule has 0 atom stereocenters. The van der Waals surface area contributed by atoms with Crippen LogP contribution in [0.4, 0.5) is 0 Å². The average Bonchev–Trinajstić information content (AvgIpc) is 2.55. The Balaban J connectivity index is 2.41. The van der Waals surface area contributed by atoms with Crippen molar-refractivity contribution in [2.24, 2.45) is 0 Å². The number of carboxylic acid groups (broad SMARTS) is 2. The summed E-state index contributed by atoms with van der Waals surface area (Å²) in [5, 5.41) is 22.7. The number of hydrogen-bond donors (Lipinski definition) is 0. The molecule has 0 fully saturated rings. The molecule has 0 aliphatic rings. The van der Waals surface area contributed by atoms with E-state index >= 15 is 0 Å². The van der Waals surface area contributed by atoms with Gasteiger partial charge in [0.05, 0.1) is 11.9 Å². The summed E-state index contributed by atoms with van der Waals surface area (Å²) < 4.78 is 5.72. The number of benzene rings is 2. The Morgan fingerprint density at radius 2 is 1.56 bits per heavy atom. The molecule has 0 saturated heterocycles. The molecule has 2 aromatic rings. The van der Waals surface area contributed by atoms with Crippen LogP contribution in [0.15, 0.2) is 30.3 Å². The fourth-order valence-corrected chi connectivity index (χ4v) is 3.02. The Labute approximate surface area is 159 Å². The highest BCUT2D eigenvalue weighted by molar-refractivity contribution is 6.83. The van der Waals surface area contributed by atoms with E-state index < -0.39 is 20.0 Å². The summed E-state index contributed by atoms with van der Waals surface area (Å²) >= 11 is 0. The molecule has 0 saturated carbocycles. The lowest BCUT2D eigenvalue weighted by Crippen LogP contribution is -2.28. The average molecular weight is 380 g/mol. The fraction of sp³-hybridized carbons (Fsp3) is 0.238. The van der Waals surface area contributed by atoms with Crippen molar-refractivity contribution in [2.45, 2.75) is 33.5 Å². The second kappa shape index (κ2) is 7.68. The number of carbonyl (C=O) groups is 2. The van der Waals surface area contributed by atoms with Crippen LogP contribution in [-0.2, 0) is 0 Å². The van der Waals surface area contributed by atoms with E-state index in [1.54, 1.807) is 31.2 Å². The smallest absolute Gasteiger partial charge is 0.131 e. The van der Waals surface area contributed by atoms with Crippen LogP contribution in [0.5, 0.6) is 11.5 Å². The fourth-order valence-electron chi connectivity index (χ4n) is 2.50. The zero-order valence-electron chi connectivity index (χ0n) is 15.9. The Hall–Kier alpha value is -3.04. The van der Waals surface area contributed by atoms with Crippen molar-refractivity contribution in [3.8, 4) is 23.0 Å². The molecule has 140 valence electrons. The maximum atomic E-state index is 11.4. The zero-order valence-corrected chi connectivity index (χ0v) is 16.9. The van der Waals surface area contributed by atoms with Crippen molar-refractivity contribution < 1.29 is 24.5 Å². The molecule has 2 rings (SSSR count). The number of rotatable bonds is 4. The molecular formula is C21H20O5Si-2. The van der Waals surface area contributed by atoms with Crippen molar-refractivity contribution in [3.63, 3.8) is 0 Å². The van der Waals surface area contributed by atoms with Crippen LogP contribution in [0.1, 0.15) is 37.4 Å². The highest BCUT2D eigenvalue weighted by atomic mass is 28.3. The standard InChI is InChI=1S/C21H22O5Si/c1-13-17(20(22)23)12-18(14(2)19(13)21(24)25)26-16-8-6-15(7-9-16)10-11-27(3,4)5/h6-9,12H,1-5H3,(H,22,23)(H,24,25)/p-2. The van der Waals surface area contributed by atoms with Gasteiger partial charge in [0.25, 0.3) is 0 Å². The third-order valence-corrected chi connectivity index (χ3v) is 4.76. The van der Waals surface area contributed by atoms with Gasteiger partial charge in [-0.3, -0.25) is 0 Å². The Morgan fingerprint density at radius 3 is 2.04 bits per heavy atom. The molecule has 6 heteroatoms. The molecule has 0 aliphatic carbocycles. The monoisotopic (exact) mass is 380 g/mol. The van der Waals surface area contributed by atoms with E-state index in [2.05, 4.69) is 31.1 Å². The minimum atomic E-state index is -1.48. The van der Waals surface area contributed by atoms with Gasteiger partial charge in [-0.2, -0.15) is 0 Å². The molecule has 0 radical (unpaired) electrons. The van der Waals surface area contributed by atoms with E-state index in [1.807, 2.05) is 0 Å². The molecular weight excluding hydrogens is 360 g/mol. The second-order valence-electron chi connectivity index (χ2n) is 7.25. The second-order valence-corrected chi connectivity index (χ2v) is 12.0. The summed E-state index contributed by atoms with van der Waals surface area (Å²) in [6.07, 6.45) is 0. The largest absolute Gasteiger partial charge is 0.545 e. The highest BCUT2D eigenvalue weighted by Crippen LogP contribution is 2.31. The summed E-state index contributed by atoms with van der Waals surface area (Å²) in [5.41, 5.74) is 4.03. The predicted octanol–water partition coefficient (Wildman–Crippen LogP) is 2.05. The summed E-state index contributed by atoms with van der Waals surface area (Å²) in [6, 6.07) is 8.26. The Kier molecular flexibility index (Phi) is 5.77. The van der Waals surface area contributed by atoms with E-state index in [9.17, 15) is 19.8 Å². The van der Waals surface area contributed by atoms with E-state index in [-0.39, 0.29) is 22.4 Å². The molecule has 0 N–H and O–H groups in total. The summed E-state index contributed by atoms with van der Waals surface area (Å²) in [5.74, 6) is 0.753. The van der Waals surface area contributed by atoms with Gasteiger partial charge in [0.2, 0.25) is 0 Å². The van der Waals surface area contributed by atoms with Crippen LogP contribution in [0, 0.1) is 25.3 Å². The van der Waals surface area contributed by atoms with Crippen LogP contribution < -0.4 is 14.9 Å². The normalized spacial score (nSPS) is 10.7. The lowest BCUT2D eigenvalue weighted by molar-refractivity contribution is -0.255. The number of carbonyl (C=O) groups excluding carboxylic acids is 2. The molecule has 27 heavy (non-hydrogen) atoms. The lowest BCUT2D eigenvalue weighted by Gasteiger charge is -2.19. The van der Waals surface area contributed by atoms with Gasteiger partial charge < -0.3 is 24.5 Å². The minimum absolute atomic E-state index is 0.0804. The van der Waals surface area contributed by atoms with Crippen LogP contribution in [-0.4, -0.2) is 20.0 Å². The first-order valence-corrected chi connectivity index (χ1v) is 11.9. The molecule has 2 aromatic carbocycles. The van der Waals surface area contributed by atoms with Crippen molar-refractivity contribution >= 4 is 20.0 Å². The first kappa shape index (κ1) is 20.3. The molecule has 0 unspecified atom stereocenters. The van der Waals surface area contributed by atoms with Crippen LogP contribution in [0.2, 0.25) is 19.6 Å². The molecule has 0 amide bonds. The number of ether oxygens (including phenoxy) is 1. The SMILES string of the molecule is Cc1c(Oc2ccc(C#C[Si](C)(C)C)cc2)cc(C(=O)[O-])c(C)c1C(=O)[O-]. The quantitative estimate of drug-likeness (QED) is 0.598. The molecule has 5 nitrogen and oxygen atoms in total. The number of carboxylic acids is 2. The van der Waals surface area contributed by atoms with E-state index in [1.165, 1.54) is 13.0 Å². The van der Waals surface area contributed by atoms with Crippen molar-refractivity contribution in [3.05, 3.63) is 58.1 Å². The van der Waals surface area contributed by atoms with Gasteiger partial charge >= 0.3 is 0 Å². The summed E-state index contributed by atoms with van der Waals surface area (Å²) in [7, 11) is -1.48. The Bertz CT molecular complexity index is 957. The lowest BCUT2D eigenvalue weighted by atomic mass is 9.96. The Morgan fingerprint density at radius 1 is 0.963 bits per heavy atom. The summed E-state index contributed by atoms with van der Waals surface area (Å²) in [6.45, 7) is 9.41. The van der Waals surface area contributed by atoms with Gasteiger partial charge in [-0.1, -0.05) is 25.6 Å². The molecule has 0 aliphatic heterocycles. The van der Waals surface area contributed by atoms with E-state index in [0.29, 0.717) is 11.3 Å². The summed E-state index contributed by atoms with van der Waals surface area (Å²) in [4.78, 5) is 22.7. The molecule has 0 spiro atoms. The zero-order chi connectivity index (χ0) is 20.4. The molecule has 0 bridgehead atoms. The van der Waals surface area contributed by atoms with Gasteiger partial charge in [0, 0.05) is 22.3 Å². The topological polar surface area (TPSA) is 89.5 Å². The van der Waals surface area contributed by atoms with Crippen LogP contribution in [0.3, 0.4) is 0 Å². The third-order valence-electron chi connectivity index (χ3n) is 3.89. The van der Waals surface area contributed by atoms with Crippen molar-refractivity contribution in [2.75, 3.05) is 0 Å². The van der Waals surface area contributed by atoms with E-state index in [0.717, 1.165) is 5.56 Å². The minimum Gasteiger partial charge on any atom is -0.545 e. The molecule has 0 heterocycles. The number of aromatic carboxylic acids is 2. The van der Waals surface area contributed by atoms with Gasteiger partial charge in [0.1, 0.15) is 19.6 Å². The maximum absolute atomic E-state index is 11.4. The van der Waals surface area contributed by atoms with Crippen LogP contribution in [0.25, 0.3) is 0 Å². The first-order chi connectivity index (χ1) is 12.5. The highest BCUT2D eigenvalue weighted by Gasteiger charge is 2.16. The van der Waals surface area contributed by atoms with Crippen molar-refractivity contribution in [1.29, 1.82) is 0 Å². The maximum Gasteiger partial charge on any atom is 0.131 e. The van der Waals surface area contributed by atoms with E-state index in [4.69, 9.17) is 4.74 Å². The van der Waals surface area contributed by atoms with Crippen LogP contribution >= 0.6 is 0 Å². The number of hydrogen-bond acceptors (Lipinski definition) is 5. The van der Waals surface area contributed by atoms with Gasteiger partial charge in [-0.15, -0.1) is 5.54 Å². The third kappa shape index (κ3) is 4.99. The van der Waals surface area contributed by atoms with Gasteiger partial charge in [-0.25, -0.2) is 0 Å². The predicted molar refractivity (Wildman–Crippen MR) is 101 cm³/mol. The van der Waals surface area contributed by atoms with Crippen molar-refractivity contribution in [1.82, 2.24) is 0 Å². The first-order valence-electron chi connectivity index (χ1n) is 8.37. The van der Waals surface area contributed by atoms with Gasteiger partial charge in [0.15, 0.2) is 0 Å². The molecule has 0 aromatic heterocycles.